The van der Waals surface area contributed by atoms with E-state index in [-0.39, 0.29) is 12.2 Å². The van der Waals surface area contributed by atoms with E-state index in [0.29, 0.717) is 32.9 Å². The number of carbonyl (C=O) groups is 1. The number of amides is 1. The maximum absolute atomic E-state index is 12.4. The Morgan fingerprint density at radius 1 is 1.22 bits per heavy atom. The molecule has 0 aliphatic carbocycles. The van der Waals surface area contributed by atoms with Gasteiger partial charge in [-0.1, -0.05) is 18.2 Å². The Labute approximate surface area is 171 Å². The van der Waals surface area contributed by atoms with Crippen molar-refractivity contribution in [2.75, 3.05) is 18.5 Å². The van der Waals surface area contributed by atoms with Gasteiger partial charge in [0.25, 0.3) is 5.91 Å². The number of carbonyl (C=O) groups excluding carboxylic acids is 1. The third kappa shape index (κ3) is 5.73. The van der Waals surface area contributed by atoms with E-state index in [4.69, 9.17) is 14.7 Å². The first-order valence-corrected chi connectivity index (χ1v) is 9.11. The Morgan fingerprint density at radius 3 is 2.59 bits per heavy atom. The van der Waals surface area contributed by atoms with E-state index in [0.717, 1.165) is 0 Å². The number of nitrogens with one attached hydrogen (secondary N) is 1. The molecule has 0 heterocycles. The Balaban J connectivity index is 2.33. The summed E-state index contributed by atoms with van der Waals surface area (Å²) in [5.74, 6) is 0.413. The van der Waals surface area contributed by atoms with Crippen LogP contribution in [0.1, 0.15) is 12.5 Å². The number of nitrogens with zero attached hydrogens (tertiary/aromatic N) is 2. The highest BCUT2D eigenvalue weighted by Crippen LogP contribution is 2.35. The number of anilines is 1. The highest BCUT2D eigenvalue weighted by Gasteiger charge is 2.14. The number of ether oxygens (including phenoxy) is 2. The second-order valence-electron chi connectivity index (χ2n) is 5.20. The van der Waals surface area contributed by atoms with Crippen LogP contribution in [0.25, 0.3) is 6.08 Å². The van der Waals surface area contributed by atoms with E-state index >= 15 is 0 Å². The van der Waals surface area contributed by atoms with Gasteiger partial charge in [0, 0.05) is 5.69 Å². The molecule has 0 aliphatic rings. The van der Waals surface area contributed by atoms with Crippen LogP contribution < -0.4 is 14.8 Å². The van der Waals surface area contributed by atoms with E-state index in [2.05, 4.69) is 27.9 Å². The smallest absolute Gasteiger partial charge is 0.266 e. The molecular weight excluding hydrogens is 457 g/mol. The molecule has 1 N–H and O–H groups in total. The summed E-state index contributed by atoms with van der Waals surface area (Å²) in [6.45, 7) is 2.14. The fourth-order valence-corrected chi connectivity index (χ4v) is 2.99. The number of hydrogen-bond donors (Lipinski definition) is 1. The first-order chi connectivity index (χ1) is 13.1. The lowest BCUT2D eigenvalue weighted by Gasteiger charge is -2.13. The van der Waals surface area contributed by atoms with Crippen LogP contribution in [-0.2, 0) is 4.79 Å². The summed E-state index contributed by atoms with van der Waals surface area (Å²) in [5, 5.41) is 20.8. The Hall–Kier alpha value is -3.04. The van der Waals surface area contributed by atoms with Crippen LogP contribution >= 0.6 is 22.6 Å². The van der Waals surface area contributed by atoms with E-state index in [9.17, 15) is 10.1 Å². The molecule has 136 valence electrons. The standard InChI is InChI=1S/C20H16IN3O3/c1-2-26-18-12-14(11-17(21)19(18)27-9-8-22)10-15(13-23)20(25)24-16-6-4-3-5-7-16/h3-7,10-12H,2,9H2,1H3,(H,24,25)/b15-10+. The molecule has 0 bridgehead atoms. The Bertz CT molecular complexity index is 928. The van der Waals surface area contributed by atoms with Crippen LogP contribution in [0.5, 0.6) is 11.5 Å². The molecule has 6 nitrogen and oxygen atoms in total. The fraction of sp³-hybridized carbons (Fsp3) is 0.150. The van der Waals surface area contributed by atoms with Gasteiger partial charge in [-0.05, 0) is 65.4 Å². The van der Waals surface area contributed by atoms with Gasteiger partial charge in [-0.3, -0.25) is 4.79 Å². The minimum absolute atomic E-state index is 0.0391. The average Bonchev–Trinajstić information content (AvgIpc) is 2.66. The summed E-state index contributed by atoms with van der Waals surface area (Å²) in [5.41, 5.74) is 1.18. The Morgan fingerprint density at radius 2 is 1.96 bits per heavy atom. The van der Waals surface area contributed by atoms with E-state index in [1.54, 1.807) is 36.4 Å². The van der Waals surface area contributed by atoms with Crippen molar-refractivity contribution < 1.29 is 14.3 Å². The van der Waals surface area contributed by atoms with Gasteiger partial charge in [0.05, 0.1) is 10.2 Å². The zero-order chi connectivity index (χ0) is 19.6. The molecule has 0 radical (unpaired) electrons. The summed E-state index contributed by atoms with van der Waals surface area (Å²) in [4.78, 5) is 12.4. The third-order valence-corrected chi connectivity index (χ3v) is 4.12. The maximum Gasteiger partial charge on any atom is 0.266 e. The van der Waals surface area contributed by atoms with Crippen LogP contribution in [0.2, 0.25) is 0 Å². The molecule has 2 aromatic rings. The number of rotatable bonds is 7. The summed E-state index contributed by atoms with van der Waals surface area (Å²) in [6.07, 6.45) is 1.48. The van der Waals surface area contributed by atoms with Gasteiger partial charge < -0.3 is 14.8 Å². The van der Waals surface area contributed by atoms with Gasteiger partial charge in [0.2, 0.25) is 0 Å². The van der Waals surface area contributed by atoms with Crippen LogP contribution in [0.3, 0.4) is 0 Å². The predicted octanol–water partition coefficient (Wildman–Crippen LogP) is 4.14. The lowest BCUT2D eigenvalue weighted by atomic mass is 10.1. The molecule has 0 fully saturated rings. The molecule has 0 spiro atoms. The minimum atomic E-state index is -0.499. The lowest BCUT2D eigenvalue weighted by Crippen LogP contribution is -2.13. The largest absolute Gasteiger partial charge is 0.490 e. The molecule has 7 heteroatoms. The summed E-state index contributed by atoms with van der Waals surface area (Å²) in [7, 11) is 0. The normalized spacial score (nSPS) is 10.4. The summed E-state index contributed by atoms with van der Waals surface area (Å²) < 4.78 is 11.7. The van der Waals surface area contributed by atoms with Crippen molar-refractivity contribution >= 4 is 40.3 Å². The molecular formula is C20H16IN3O3. The van der Waals surface area contributed by atoms with Crippen LogP contribution in [0, 0.1) is 26.2 Å². The van der Waals surface area contributed by atoms with Gasteiger partial charge in [0.1, 0.15) is 17.7 Å². The van der Waals surface area contributed by atoms with Crippen LogP contribution in [-0.4, -0.2) is 19.1 Å². The van der Waals surface area contributed by atoms with Crippen molar-refractivity contribution in [3.05, 3.63) is 57.2 Å². The molecule has 0 saturated heterocycles. The van der Waals surface area contributed by atoms with Crippen molar-refractivity contribution in [3.8, 4) is 23.6 Å². The lowest BCUT2D eigenvalue weighted by molar-refractivity contribution is -0.112. The molecule has 1 amide bonds. The molecule has 0 aliphatic heterocycles. The van der Waals surface area contributed by atoms with Crippen molar-refractivity contribution in [1.82, 2.24) is 0 Å². The molecule has 0 unspecified atom stereocenters. The molecule has 2 rings (SSSR count). The SMILES string of the molecule is CCOc1cc(/C=C(\C#N)C(=O)Nc2ccccc2)cc(I)c1OCC#N. The van der Waals surface area contributed by atoms with E-state index < -0.39 is 5.91 Å². The van der Waals surface area contributed by atoms with Crippen LogP contribution in [0.15, 0.2) is 48.0 Å². The highest BCUT2D eigenvalue weighted by molar-refractivity contribution is 14.1. The molecule has 0 saturated carbocycles. The number of halogens is 1. The van der Waals surface area contributed by atoms with Gasteiger partial charge in [-0.25, -0.2) is 0 Å². The summed E-state index contributed by atoms with van der Waals surface area (Å²) >= 11 is 2.06. The molecule has 0 aromatic heterocycles. The quantitative estimate of drug-likeness (QED) is 0.371. The van der Waals surface area contributed by atoms with E-state index in [1.807, 2.05) is 25.1 Å². The predicted molar refractivity (Wildman–Crippen MR) is 110 cm³/mol. The average molecular weight is 473 g/mol. The highest BCUT2D eigenvalue weighted by atomic mass is 127. The second-order valence-corrected chi connectivity index (χ2v) is 6.36. The third-order valence-electron chi connectivity index (χ3n) is 3.32. The van der Waals surface area contributed by atoms with Gasteiger partial charge in [-0.15, -0.1) is 0 Å². The maximum atomic E-state index is 12.4. The number of nitriles is 2. The van der Waals surface area contributed by atoms with Gasteiger partial charge >= 0.3 is 0 Å². The first-order valence-electron chi connectivity index (χ1n) is 8.03. The zero-order valence-corrected chi connectivity index (χ0v) is 16.7. The topological polar surface area (TPSA) is 95.1 Å². The molecule has 27 heavy (non-hydrogen) atoms. The summed E-state index contributed by atoms with van der Waals surface area (Å²) in [6, 6.07) is 16.2. The van der Waals surface area contributed by atoms with Crippen molar-refractivity contribution in [2.45, 2.75) is 6.92 Å². The Kier molecular flexibility index (Phi) is 7.65. The molecule has 0 atom stereocenters. The first kappa shape index (κ1) is 20.3. The van der Waals surface area contributed by atoms with Crippen LogP contribution in [0.4, 0.5) is 5.69 Å². The number of benzene rings is 2. The monoisotopic (exact) mass is 473 g/mol. The fourth-order valence-electron chi connectivity index (χ4n) is 2.21. The minimum Gasteiger partial charge on any atom is -0.490 e. The van der Waals surface area contributed by atoms with Crippen molar-refractivity contribution in [1.29, 1.82) is 10.5 Å². The van der Waals surface area contributed by atoms with E-state index in [1.165, 1.54) is 6.08 Å². The second kappa shape index (κ2) is 10.2. The number of hydrogen-bond acceptors (Lipinski definition) is 5. The van der Waals surface area contributed by atoms with Gasteiger partial charge in [0.15, 0.2) is 18.1 Å². The molecule has 2 aromatic carbocycles. The van der Waals surface area contributed by atoms with Crippen molar-refractivity contribution in [3.63, 3.8) is 0 Å². The van der Waals surface area contributed by atoms with Crippen molar-refractivity contribution in [2.24, 2.45) is 0 Å². The zero-order valence-electron chi connectivity index (χ0n) is 14.5. The number of para-hydroxylation sites is 1. The van der Waals surface area contributed by atoms with Gasteiger partial charge in [-0.2, -0.15) is 10.5 Å².